The van der Waals surface area contributed by atoms with E-state index in [0.29, 0.717) is 16.9 Å². The standard InChI is InChI=1S/C17H24FN/c1-16(2)15(17(16,3)4)10-19-14-9-8-11-12(14)6-5-7-13(11)18/h5-7,14-15,19H,8-10H2,1-4H3. The van der Waals surface area contributed by atoms with Gasteiger partial charge in [0.05, 0.1) is 0 Å². The van der Waals surface area contributed by atoms with Crippen molar-refractivity contribution in [1.29, 1.82) is 0 Å². The van der Waals surface area contributed by atoms with Crippen LogP contribution in [0.5, 0.6) is 0 Å². The summed E-state index contributed by atoms with van der Waals surface area (Å²) in [5.74, 6) is 0.687. The third kappa shape index (κ3) is 1.84. The van der Waals surface area contributed by atoms with E-state index >= 15 is 0 Å². The van der Waals surface area contributed by atoms with Crippen molar-refractivity contribution in [2.24, 2.45) is 16.7 Å². The van der Waals surface area contributed by atoms with Crippen molar-refractivity contribution in [2.75, 3.05) is 6.54 Å². The average molecular weight is 261 g/mol. The van der Waals surface area contributed by atoms with Crippen LogP contribution >= 0.6 is 0 Å². The van der Waals surface area contributed by atoms with Gasteiger partial charge in [0.15, 0.2) is 0 Å². The lowest BCUT2D eigenvalue weighted by atomic mass is 10.0. The lowest BCUT2D eigenvalue weighted by Gasteiger charge is -2.15. The molecule has 0 aromatic heterocycles. The molecule has 2 heteroatoms. The lowest BCUT2D eigenvalue weighted by molar-refractivity contribution is 0.457. The first kappa shape index (κ1) is 13.1. The van der Waals surface area contributed by atoms with Crippen LogP contribution in [0.15, 0.2) is 18.2 Å². The average Bonchev–Trinajstić information content (AvgIpc) is 2.67. The van der Waals surface area contributed by atoms with Crippen molar-refractivity contribution in [2.45, 2.75) is 46.6 Å². The molecule has 1 saturated carbocycles. The zero-order chi connectivity index (χ0) is 13.8. The Kier molecular flexibility index (Phi) is 2.79. The highest BCUT2D eigenvalue weighted by molar-refractivity contribution is 5.35. The smallest absolute Gasteiger partial charge is 0.126 e. The molecule has 19 heavy (non-hydrogen) atoms. The van der Waals surface area contributed by atoms with Crippen molar-refractivity contribution < 1.29 is 4.39 Å². The molecule has 0 spiro atoms. The second kappa shape index (κ2) is 4.05. The predicted octanol–water partition coefficient (Wildman–Crippen LogP) is 4.08. The molecule has 1 fully saturated rings. The molecule has 0 saturated heterocycles. The third-order valence-electron chi connectivity index (χ3n) is 6.10. The Morgan fingerprint density at radius 1 is 1.21 bits per heavy atom. The second-order valence-corrected chi connectivity index (χ2v) is 7.30. The van der Waals surface area contributed by atoms with Gasteiger partial charge in [0, 0.05) is 6.04 Å². The lowest BCUT2D eigenvalue weighted by Crippen LogP contribution is -2.23. The Hall–Kier alpha value is -0.890. The Balaban J connectivity index is 1.67. The topological polar surface area (TPSA) is 12.0 Å². The van der Waals surface area contributed by atoms with E-state index in [1.807, 2.05) is 6.07 Å². The molecule has 2 aliphatic rings. The van der Waals surface area contributed by atoms with E-state index < -0.39 is 0 Å². The van der Waals surface area contributed by atoms with E-state index in [2.05, 4.69) is 39.1 Å². The van der Waals surface area contributed by atoms with Gasteiger partial charge in [0.25, 0.3) is 0 Å². The molecule has 1 unspecified atom stereocenters. The summed E-state index contributed by atoms with van der Waals surface area (Å²) in [5, 5.41) is 3.67. The molecule has 0 radical (unpaired) electrons. The number of hydrogen-bond acceptors (Lipinski definition) is 1. The summed E-state index contributed by atoms with van der Waals surface area (Å²) in [6, 6.07) is 5.83. The van der Waals surface area contributed by atoms with Crippen LogP contribution in [-0.2, 0) is 6.42 Å². The molecule has 0 amide bonds. The minimum atomic E-state index is -0.0334. The number of hydrogen-bond donors (Lipinski definition) is 1. The van der Waals surface area contributed by atoms with E-state index in [-0.39, 0.29) is 5.82 Å². The van der Waals surface area contributed by atoms with Gasteiger partial charge in [-0.3, -0.25) is 0 Å². The summed E-state index contributed by atoms with van der Waals surface area (Å²) in [5.41, 5.74) is 2.94. The normalized spacial score (nSPS) is 27.3. The Bertz CT molecular complexity index is 490. The van der Waals surface area contributed by atoms with E-state index in [0.717, 1.165) is 30.9 Å². The number of nitrogens with one attached hydrogen (secondary N) is 1. The second-order valence-electron chi connectivity index (χ2n) is 7.30. The van der Waals surface area contributed by atoms with Gasteiger partial charge in [-0.05, 0) is 53.3 Å². The van der Waals surface area contributed by atoms with Crippen LogP contribution in [0.3, 0.4) is 0 Å². The van der Waals surface area contributed by atoms with Crippen molar-refractivity contribution in [1.82, 2.24) is 5.32 Å². The molecule has 3 rings (SSSR count). The molecule has 1 N–H and O–H groups in total. The van der Waals surface area contributed by atoms with Gasteiger partial charge in [-0.25, -0.2) is 4.39 Å². The largest absolute Gasteiger partial charge is 0.310 e. The van der Waals surface area contributed by atoms with Crippen LogP contribution in [-0.4, -0.2) is 6.54 Å². The van der Waals surface area contributed by atoms with Crippen molar-refractivity contribution >= 4 is 0 Å². The van der Waals surface area contributed by atoms with Crippen LogP contribution in [0.4, 0.5) is 4.39 Å². The minimum Gasteiger partial charge on any atom is -0.310 e. The summed E-state index contributed by atoms with van der Waals surface area (Å²) in [6.07, 6.45) is 1.90. The predicted molar refractivity (Wildman–Crippen MR) is 76.5 cm³/mol. The fraction of sp³-hybridized carbons (Fsp3) is 0.647. The van der Waals surface area contributed by atoms with E-state index in [1.54, 1.807) is 6.07 Å². The first-order valence-corrected chi connectivity index (χ1v) is 7.36. The summed E-state index contributed by atoms with van der Waals surface area (Å²) >= 11 is 0. The van der Waals surface area contributed by atoms with Crippen LogP contribution in [0.2, 0.25) is 0 Å². The summed E-state index contributed by atoms with van der Waals surface area (Å²) in [4.78, 5) is 0. The fourth-order valence-electron chi connectivity index (χ4n) is 3.93. The maximum Gasteiger partial charge on any atom is 0.126 e. The van der Waals surface area contributed by atoms with Crippen LogP contribution in [0.25, 0.3) is 0 Å². The molecule has 1 aromatic carbocycles. The van der Waals surface area contributed by atoms with Gasteiger partial charge in [-0.15, -0.1) is 0 Å². The Morgan fingerprint density at radius 2 is 1.89 bits per heavy atom. The van der Waals surface area contributed by atoms with Crippen molar-refractivity contribution in [3.05, 3.63) is 35.1 Å². The van der Waals surface area contributed by atoms with E-state index in [9.17, 15) is 4.39 Å². The zero-order valence-electron chi connectivity index (χ0n) is 12.4. The maximum absolute atomic E-state index is 13.7. The molecule has 104 valence electrons. The molecule has 1 aromatic rings. The first-order valence-electron chi connectivity index (χ1n) is 7.36. The van der Waals surface area contributed by atoms with Crippen LogP contribution < -0.4 is 5.32 Å². The minimum absolute atomic E-state index is 0.0334. The molecule has 0 aliphatic heterocycles. The molecule has 2 aliphatic carbocycles. The monoisotopic (exact) mass is 261 g/mol. The summed E-state index contributed by atoms with van der Waals surface area (Å²) in [7, 11) is 0. The quantitative estimate of drug-likeness (QED) is 0.864. The van der Waals surface area contributed by atoms with Crippen molar-refractivity contribution in [3.63, 3.8) is 0 Å². The summed E-state index contributed by atoms with van der Waals surface area (Å²) in [6.45, 7) is 10.4. The zero-order valence-corrected chi connectivity index (χ0v) is 12.4. The van der Waals surface area contributed by atoms with E-state index in [1.165, 1.54) is 5.56 Å². The van der Waals surface area contributed by atoms with Crippen molar-refractivity contribution in [3.8, 4) is 0 Å². The van der Waals surface area contributed by atoms with Gasteiger partial charge in [0.2, 0.25) is 0 Å². The maximum atomic E-state index is 13.7. The van der Waals surface area contributed by atoms with Gasteiger partial charge in [-0.2, -0.15) is 0 Å². The molecule has 1 nitrogen and oxygen atoms in total. The van der Waals surface area contributed by atoms with Crippen LogP contribution in [0.1, 0.15) is 51.3 Å². The van der Waals surface area contributed by atoms with Gasteiger partial charge >= 0.3 is 0 Å². The van der Waals surface area contributed by atoms with Gasteiger partial charge in [0.1, 0.15) is 5.82 Å². The first-order chi connectivity index (χ1) is 8.85. The van der Waals surface area contributed by atoms with E-state index in [4.69, 9.17) is 0 Å². The molecule has 1 atom stereocenters. The Morgan fingerprint density at radius 3 is 2.53 bits per heavy atom. The van der Waals surface area contributed by atoms with Gasteiger partial charge < -0.3 is 5.32 Å². The highest BCUT2D eigenvalue weighted by atomic mass is 19.1. The number of halogens is 1. The number of fused-ring (bicyclic) bond motifs is 1. The Labute approximate surface area is 115 Å². The SMILES string of the molecule is CC1(C)C(CNC2CCc3c(F)cccc32)C1(C)C. The van der Waals surface area contributed by atoms with Gasteiger partial charge in [-0.1, -0.05) is 39.8 Å². The molecular formula is C17H24FN. The van der Waals surface area contributed by atoms with Crippen LogP contribution in [0, 0.1) is 22.6 Å². The third-order valence-corrected chi connectivity index (χ3v) is 6.10. The fourth-order valence-corrected chi connectivity index (χ4v) is 3.93. The number of benzene rings is 1. The molecular weight excluding hydrogens is 237 g/mol. The number of rotatable bonds is 3. The summed E-state index contributed by atoms with van der Waals surface area (Å²) < 4.78 is 13.7. The molecule has 0 bridgehead atoms. The highest BCUT2D eigenvalue weighted by Crippen LogP contribution is 2.68. The molecule has 0 heterocycles. The highest BCUT2D eigenvalue weighted by Gasteiger charge is 2.63.